The number of amides is 1. The number of aliphatic hydroxyl groups excluding tert-OH is 1. The number of hydrogen-bond donors (Lipinski definition) is 1. The summed E-state index contributed by atoms with van der Waals surface area (Å²) < 4.78 is 6.35. The first-order valence-electron chi connectivity index (χ1n) is 7.14. The first kappa shape index (κ1) is 18.0. The highest BCUT2D eigenvalue weighted by atomic mass is 79.9. The van der Waals surface area contributed by atoms with Crippen molar-refractivity contribution in [1.29, 1.82) is 0 Å². The van der Waals surface area contributed by atoms with Crippen LogP contribution >= 0.6 is 15.9 Å². The zero-order valence-electron chi connectivity index (χ0n) is 12.9. The Morgan fingerprint density at radius 2 is 1.76 bits per heavy atom. The fourth-order valence-corrected chi connectivity index (χ4v) is 2.09. The lowest BCUT2D eigenvalue weighted by molar-refractivity contribution is 0.0101. The Morgan fingerprint density at radius 1 is 1.24 bits per heavy atom. The second-order valence-corrected chi connectivity index (χ2v) is 6.91. The molecule has 0 saturated carbocycles. The van der Waals surface area contributed by atoms with Gasteiger partial charge in [0, 0.05) is 17.6 Å². The van der Waals surface area contributed by atoms with Crippen LogP contribution in [0.5, 0.6) is 0 Å². The summed E-state index contributed by atoms with van der Waals surface area (Å²) in [5, 5.41) is 9.26. The van der Waals surface area contributed by atoms with E-state index in [0.29, 0.717) is 25.9 Å². The molecule has 0 atom stereocenters. The second kappa shape index (κ2) is 8.39. The number of nitrogens with zero attached hydrogens (tertiary/aromatic N) is 1. The molecule has 1 saturated heterocycles. The van der Waals surface area contributed by atoms with Crippen molar-refractivity contribution in [1.82, 2.24) is 4.90 Å². The molecule has 4 nitrogen and oxygen atoms in total. The summed E-state index contributed by atoms with van der Waals surface area (Å²) in [5.74, 6) is 0. The van der Waals surface area contributed by atoms with Gasteiger partial charge in [0.25, 0.3) is 0 Å². The molecule has 0 unspecified atom stereocenters. The smallest absolute Gasteiger partial charge is 0.410 e. The zero-order chi connectivity index (χ0) is 15.9. The highest BCUT2D eigenvalue weighted by Crippen LogP contribution is 2.14. The number of piperidine rings is 1. The molecule has 1 aromatic carbocycles. The van der Waals surface area contributed by atoms with Gasteiger partial charge < -0.3 is 14.7 Å². The lowest BCUT2D eigenvalue weighted by Crippen LogP contribution is -2.42. The molecule has 118 valence electrons. The lowest BCUT2D eigenvalue weighted by atomic mass is 10.1. The summed E-state index contributed by atoms with van der Waals surface area (Å²) >= 11 is 3.31. The van der Waals surface area contributed by atoms with Crippen molar-refractivity contribution in [3.05, 3.63) is 34.8 Å². The SMILES string of the molecule is Brc1ccccc1.CC(C)(C)OC(=O)N1CCC(O)CC1. The van der Waals surface area contributed by atoms with Gasteiger partial charge in [-0.3, -0.25) is 0 Å². The molecular formula is C16H24BrNO3. The van der Waals surface area contributed by atoms with Gasteiger partial charge in [-0.15, -0.1) is 0 Å². The molecule has 0 aliphatic carbocycles. The highest BCUT2D eigenvalue weighted by molar-refractivity contribution is 9.10. The molecule has 1 N–H and O–H groups in total. The van der Waals surface area contributed by atoms with Crippen LogP contribution in [0.25, 0.3) is 0 Å². The minimum atomic E-state index is -0.437. The standard InChI is InChI=1S/C10H19NO3.C6H5Br/c1-10(2,3)14-9(13)11-6-4-8(12)5-7-11;7-6-4-2-1-3-5-6/h8,12H,4-7H2,1-3H3;1-5H. The van der Waals surface area contributed by atoms with Crippen molar-refractivity contribution in [2.45, 2.75) is 45.3 Å². The summed E-state index contributed by atoms with van der Waals surface area (Å²) in [5.41, 5.74) is -0.437. The Labute approximate surface area is 135 Å². The zero-order valence-corrected chi connectivity index (χ0v) is 14.5. The number of likely N-dealkylation sites (tertiary alicyclic amines) is 1. The van der Waals surface area contributed by atoms with Gasteiger partial charge in [0.2, 0.25) is 0 Å². The van der Waals surface area contributed by atoms with E-state index in [1.165, 1.54) is 0 Å². The molecule has 0 aromatic heterocycles. The Hall–Kier alpha value is -1.07. The first-order valence-corrected chi connectivity index (χ1v) is 7.94. The molecule has 1 fully saturated rings. The highest BCUT2D eigenvalue weighted by Gasteiger charge is 2.25. The molecule has 1 aliphatic heterocycles. The van der Waals surface area contributed by atoms with Crippen LogP contribution < -0.4 is 0 Å². The summed E-state index contributed by atoms with van der Waals surface area (Å²) in [6.07, 6.45) is 0.775. The largest absolute Gasteiger partial charge is 0.444 e. The molecule has 2 rings (SSSR count). The van der Waals surface area contributed by atoms with Crippen LogP contribution in [-0.2, 0) is 4.74 Å². The van der Waals surface area contributed by atoms with Crippen LogP contribution in [0.3, 0.4) is 0 Å². The van der Waals surface area contributed by atoms with E-state index >= 15 is 0 Å². The van der Waals surface area contributed by atoms with E-state index in [-0.39, 0.29) is 12.2 Å². The van der Waals surface area contributed by atoms with Crippen LogP contribution in [-0.4, -0.2) is 40.9 Å². The van der Waals surface area contributed by atoms with Crippen LogP contribution in [0.2, 0.25) is 0 Å². The maximum absolute atomic E-state index is 11.5. The fraction of sp³-hybridized carbons (Fsp3) is 0.562. The molecule has 0 radical (unpaired) electrons. The lowest BCUT2D eigenvalue weighted by Gasteiger charge is -2.31. The van der Waals surface area contributed by atoms with Gasteiger partial charge in [0.15, 0.2) is 0 Å². The van der Waals surface area contributed by atoms with Crippen LogP contribution in [0.1, 0.15) is 33.6 Å². The van der Waals surface area contributed by atoms with Crippen molar-refractivity contribution in [3.8, 4) is 0 Å². The number of carbonyl (C=O) groups excluding carboxylic acids is 1. The van der Waals surface area contributed by atoms with Crippen molar-refractivity contribution >= 4 is 22.0 Å². The fourth-order valence-electron chi connectivity index (χ4n) is 1.79. The van der Waals surface area contributed by atoms with Crippen molar-refractivity contribution < 1.29 is 14.6 Å². The molecule has 0 bridgehead atoms. The first-order chi connectivity index (χ1) is 9.78. The maximum atomic E-state index is 11.5. The monoisotopic (exact) mass is 357 g/mol. The molecule has 1 heterocycles. The molecular weight excluding hydrogens is 334 g/mol. The Balaban J connectivity index is 0.000000262. The average molecular weight is 358 g/mol. The summed E-state index contributed by atoms with van der Waals surface area (Å²) in [6.45, 7) is 6.74. The number of hydrogen-bond acceptors (Lipinski definition) is 3. The number of rotatable bonds is 0. The third kappa shape index (κ3) is 8.07. The van der Waals surface area contributed by atoms with Crippen LogP contribution in [0.15, 0.2) is 34.8 Å². The van der Waals surface area contributed by atoms with E-state index in [1.54, 1.807) is 4.90 Å². The third-order valence-corrected chi connectivity index (χ3v) is 3.38. The molecule has 1 aliphatic rings. The van der Waals surface area contributed by atoms with Gasteiger partial charge in [0.1, 0.15) is 5.60 Å². The van der Waals surface area contributed by atoms with Crippen LogP contribution in [0, 0.1) is 0 Å². The second-order valence-electron chi connectivity index (χ2n) is 5.99. The van der Waals surface area contributed by atoms with Crippen molar-refractivity contribution in [3.63, 3.8) is 0 Å². The quantitative estimate of drug-likeness (QED) is 0.767. The van der Waals surface area contributed by atoms with Gasteiger partial charge in [-0.05, 0) is 45.7 Å². The van der Waals surface area contributed by atoms with Gasteiger partial charge >= 0.3 is 6.09 Å². The van der Waals surface area contributed by atoms with Gasteiger partial charge in [-0.1, -0.05) is 34.1 Å². The average Bonchev–Trinajstić information content (AvgIpc) is 2.39. The van der Waals surface area contributed by atoms with E-state index in [0.717, 1.165) is 4.47 Å². The van der Waals surface area contributed by atoms with Crippen molar-refractivity contribution in [2.75, 3.05) is 13.1 Å². The summed E-state index contributed by atoms with van der Waals surface area (Å²) in [7, 11) is 0. The number of aliphatic hydroxyl groups is 1. The minimum absolute atomic E-state index is 0.256. The van der Waals surface area contributed by atoms with Gasteiger partial charge in [-0.2, -0.15) is 0 Å². The Kier molecular flexibility index (Phi) is 7.18. The van der Waals surface area contributed by atoms with E-state index in [2.05, 4.69) is 15.9 Å². The molecule has 21 heavy (non-hydrogen) atoms. The van der Waals surface area contributed by atoms with E-state index in [1.807, 2.05) is 51.1 Å². The number of carbonyl (C=O) groups is 1. The number of ether oxygens (including phenoxy) is 1. The normalized spacial score (nSPS) is 16.0. The topological polar surface area (TPSA) is 49.8 Å². The molecule has 1 amide bonds. The van der Waals surface area contributed by atoms with Gasteiger partial charge in [0.05, 0.1) is 6.10 Å². The summed E-state index contributed by atoms with van der Waals surface area (Å²) in [6, 6.07) is 9.97. The van der Waals surface area contributed by atoms with E-state index < -0.39 is 5.60 Å². The van der Waals surface area contributed by atoms with Crippen LogP contribution in [0.4, 0.5) is 4.79 Å². The molecule has 5 heteroatoms. The Bertz CT molecular complexity index is 423. The number of halogens is 1. The predicted octanol–water partition coefficient (Wildman–Crippen LogP) is 3.83. The van der Waals surface area contributed by atoms with Gasteiger partial charge in [-0.25, -0.2) is 4.79 Å². The third-order valence-electron chi connectivity index (χ3n) is 2.85. The predicted molar refractivity (Wildman–Crippen MR) is 87.2 cm³/mol. The number of benzene rings is 1. The van der Waals surface area contributed by atoms with Crippen molar-refractivity contribution in [2.24, 2.45) is 0 Å². The minimum Gasteiger partial charge on any atom is -0.444 e. The Morgan fingerprint density at radius 3 is 2.14 bits per heavy atom. The molecule has 0 spiro atoms. The maximum Gasteiger partial charge on any atom is 0.410 e. The van der Waals surface area contributed by atoms with E-state index in [9.17, 15) is 9.90 Å². The van der Waals surface area contributed by atoms with E-state index in [4.69, 9.17) is 4.74 Å². The summed E-state index contributed by atoms with van der Waals surface area (Å²) in [4.78, 5) is 13.2. The molecule has 1 aromatic rings.